The van der Waals surface area contributed by atoms with Gasteiger partial charge in [0.05, 0.1) is 12.1 Å². The van der Waals surface area contributed by atoms with E-state index in [9.17, 15) is 0 Å². The molecule has 2 aliphatic heterocycles. The van der Waals surface area contributed by atoms with Gasteiger partial charge < -0.3 is 15.4 Å². The van der Waals surface area contributed by atoms with Crippen molar-refractivity contribution < 1.29 is 4.74 Å². The Balaban J connectivity index is 1.80. The second-order valence-corrected chi connectivity index (χ2v) is 5.21. The topological polar surface area (TPSA) is 38.5 Å². The lowest BCUT2D eigenvalue weighted by molar-refractivity contribution is 0.148. The van der Waals surface area contributed by atoms with Gasteiger partial charge in [0.15, 0.2) is 0 Å². The number of hydrogen-bond donors (Lipinski definition) is 1. The van der Waals surface area contributed by atoms with Crippen molar-refractivity contribution in [2.24, 2.45) is 5.73 Å². The zero-order chi connectivity index (χ0) is 10.6. The van der Waals surface area contributed by atoms with Gasteiger partial charge in [-0.05, 0) is 32.4 Å². The van der Waals surface area contributed by atoms with E-state index in [0.29, 0.717) is 0 Å². The standard InChI is InChI=1S/C12H24N2O/c13-12(6-9-15-11-12)10-14-7-4-2-1-3-5-8-14/h1-11,13H2. The molecule has 0 amide bonds. The smallest absolute Gasteiger partial charge is 0.0659 e. The molecular formula is C12H24N2O. The van der Waals surface area contributed by atoms with Gasteiger partial charge in [0.2, 0.25) is 0 Å². The first-order valence-corrected chi connectivity index (χ1v) is 6.38. The van der Waals surface area contributed by atoms with Gasteiger partial charge in [-0.25, -0.2) is 0 Å². The molecule has 2 N–H and O–H groups in total. The zero-order valence-electron chi connectivity index (χ0n) is 9.71. The molecule has 0 saturated carbocycles. The van der Waals surface area contributed by atoms with Gasteiger partial charge in [0, 0.05) is 13.2 Å². The Bertz CT molecular complexity index is 182. The highest BCUT2D eigenvalue weighted by Gasteiger charge is 2.32. The van der Waals surface area contributed by atoms with Gasteiger partial charge in [-0.15, -0.1) is 0 Å². The quantitative estimate of drug-likeness (QED) is 0.751. The molecule has 0 aromatic heterocycles. The van der Waals surface area contributed by atoms with Gasteiger partial charge in [0.1, 0.15) is 0 Å². The lowest BCUT2D eigenvalue weighted by Gasteiger charge is -2.32. The molecule has 3 heteroatoms. The van der Waals surface area contributed by atoms with E-state index in [0.717, 1.165) is 26.2 Å². The first kappa shape index (κ1) is 11.4. The summed E-state index contributed by atoms with van der Waals surface area (Å²) in [6.07, 6.45) is 7.93. The number of nitrogens with zero attached hydrogens (tertiary/aromatic N) is 1. The van der Waals surface area contributed by atoms with Crippen molar-refractivity contribution in [3.63, 3.8) is 0 Å². The molecule has 0 aliphatic carbocycles. The highest BCUT2D eigenvalue weighted by atomic mass is 16.5. The summed E-state index contributed by atoms with van der Waals surface area (Å²) in [6, 6.07) is 0. The SMILES string of the molecule is NC1(CN2CCCCCCC2)CCOC1. The van der Waals surface area contributed by atoms with Gasteiger partial charge >= 0.3 is 0 Å². The Hall–Kier alpha value is -0.120. The van der Waals surface area contributed by atoms with Crippen molar-refractivity contribution in [1.29, 1.82) is 0 Å². The number of rotatable bonds is 2. The fourth-order valence-corrected chi connectivity index (χ4v) is 2.66. The van der Waals surface area contributed by atoms with Crippen LogP contribution in [-0.4, -0.2) is 43.3 Å². The molecule has 15 heavy (non-hydrogen) atoms. The Kier molecular flexibility index (Phi) is 4.00. The predicted octanol–water partition coefficient (Wildman–Crippen LogP) is 1.37. The van der Waals surface area contributed by atoms with E-state index < -0.39 is 0 Å². The Morgan fingerprint density at radius 3 is 2.33 bits per heavy atom. The zero-order valence-corrected chi connectivity index (χ0v) is 9.71. The Labute approximate surface area is 93.0 Å². The summed E-state index contributed by atoms with van der Waals surface area (Å²) in [5.74, 6) is 0. The second-order valence-electron chi connectivity index (χ2n) is 5.21. The maximum atomic E-state index is 6.31. The van der Waals surface area contributed by atoms with Crippen LogP contribution in [0.4, 0.5) is 0 Å². The van der Waals surface area contributed by atoms with E-state index in [4.69, 9.17) is 10.5 Å². The molecule has 2 fully saturated rings. The summed E-state index contributed by atoms with van der Waals surface area (Å²) < 4.78 is 5.41. The van der Waals surface area contributed by atoms with Crippen molar-refractivity contribution >= 4 is 0 Å². The molecule has 0 aromatic carbocycles. The first-order valence-electron chi connectivity index (χ1n) is 6.38. The molecular weight excluding hydrogens is 188 g/mol. The third kappa shape index (κ3) is 3.44. The number of nitrogens with two attached hydrogens (primary N) is 1. The van der Waals surface area contributed by atoms with Gasteiger partial charge in [-0.2, -0.15) is 0 Å². The summed E-state index contributed by atoms with van der Waals surface area (Å²) in [7, 11) is 0. The van der Waals surface area contributed by atoms with Crippen LogP contribution in [0.2, 0.25) is 0 Å². The molecule has 2 rings (SSSR count). The number of likely N-dealkylation sites (tertiary alicyclic amines) is 1. The maximum Gasteiger partial charge on any atom is 0.0659 e. The fourth-order valence-electron chi connectivity index (χ4n) is 2.66. The van der Waals surface area contributed by atoms with E-state index in [2.05, 4.69) is 4.90 Å². The highest BCUT2D eigenvalue weighted by molar-refractivity contribution is 4.91. The summed E-state index contributed by atoms with van der Waals surface area (Å²) in [6.45, 7) is 5.11. The number of ether oxygens (including phenoxy) is 1. The van der Waals surface area contributed by atoms with Crippen LogP contribution in [-0.2, 0) is 4.74 Å². The van der Waals surface area contributed by atoms with Crippen molar-refractivity contribution in [2.45, 2.75) is 44.1 Å². The monoisotopic (exact) mass is 212 g/mol. The molecule has 1 unspecified atom stereocenters. The first-order chi connectivity index (χ1) is 7.29. The molecule has 2 aliphatic rings. The van der Waals surface area contributed by atoms with Gasteiger partial charge in [-0.3, -0.25) is 0 Å². The predicted molar refractivity (Wildman–Crippen MR) is 61.9 cm³/mol. The average Bonchev–Trinajstić information content (AvgIpc) is 2.57. The van der Waals surface area contributed by atoms with Crippen LogP contribution in [0.1, 0.15) is 38.5 Å². The molecule has 2 saturated heterocycles. The van der Waals surface area contributed by atoms with Crippen molar-refractivity contribution in [1.82, 2.24) is 4.90 Å². The maximum absolute atomic E-state index is 6.31. The Morgan fingerprint density at radius 2 is 1.73 bits per heavy atom. The fraction of sp³-hybridized carbons (Fsp3) is 1.00. The van der Waals surface area contributed by atoms with Crippen LogP contribution in [0, 0.1) is 0 Å². The van der Waals surface area contributed by atoms with Crippen LogP contribution < -0.4 is 5.73 Å². The highest BCUT2D eigenvalue weighted by Crippen LogP contribution is 2.19. The molecule has 0 aromatic rings. The van der Waals surface area contributed by atoms with E-state index in [1.807, 2.05) is 0 Å². The van der Waals surface area contributed by atoms with E-state index in [1.165, 1.54) is 45.2 Å². The number of hydrogen-bond acceptors (Lipinski definition) is 3. The van der Waals surface area contributed by atoms with Crippen molar-refractivity contribution in [3.05, 3.63) is 0 Å². The van der Waals surface area contributed by atoms with E-state index >= 15 is 0 Å². The molecule has 88 valence electrons. The summed E-state index contributed by atoms with van der Waals surface area (Å²) >= 11 is 0. The van der Waals surface area contributed by atoms with Crippen LogP contribution in [0.25, 0.3) is 0 Å². The van der Waals surface area contributed by atoms with Crippen molar-refractivity contribution in [2.75, 3.05) is 32.8 Å². The lowest BCUT2D eigenvalue weighted by Crippen LogP contribution is -2.51. The summed E-state index contributed by atoms with van der Waals surface area (Å²) in [5.41, 5.74) is 6.26. The van der Waals surface area contributed by atoms with Crippen molar-refractivity contribution in [3.8, 4) is 0 Å². The second kappa shape index (κ2) is 5.28. The van der Waals surface area contributed by atoms with E-state index in [1.54, 1.807) is 0 Å². The third-order valence-electron chi connectivity index (χ3n) is 3.62. The van der Waals surface area contributed by atoms with Crippen LogP contribution >= 0.6 is 0 Å². The molecule has 0 bridgehead atoms. The minimum Gasteiger partial charge on any atom is -0.379 e. The normalized spacial score (nSPS) is 35.0. The van der Waals surface area contributed by atoms with Gasteiger partial charge in [0.25, 0.3) is 0 Å². The van der Waals surface area contributed by atoms with E-state index in [-0.39, 0.29) is 5.54 Å². The van der Waals surface area contributed by atoms with Crippen LogP contribution in [0.15, 0.2) is 0 Å². The lowest BCUT2D eigenvalue weighted by atomic mass is 9.98. The molecule has 0 spiro atoms. The molecule has 0 radical (unpaired) electrons. The molecule has 2 heterocycles. The summed E-state index contributed by atoms with van der Waals surface area (Å²) in [5, 5.41) is 0. The third-order valence-corrected chi connectivity index (χ3v) is 3.62. The minimum atomic E-state index is -0.0564. The molecule has 3 nitrogen and oxygen atoms in total. The minimum absolute atomic E-state index is 0.0564. The molecule has 1 atom stereocenters. The van der Waals surface area contributed by atoms with Crippen LogP contribution in [0.3, 0.4) is 0 Å². The average molecular weight is 212 g/mol. The summed E-state index contributed by atoms with van der Waals surface area (Å²) in [4.78, 5) is 2.55. The van der Waals surface area contributed by atoms with Gasteiger partial charge in [-0.1, -0.05) is 19.3 Å². The largest absolute Gasteiger partial charge is 0.379 e. The Morgan fingerprint density at radius 1 is 1.07 bits per heavy atom. The van der Waals surface area contributed by atoms with Crippen LogP contribution in [0.5, 0.6) is 0 Å².